The number of ether oxygens (including phenoxy) is 1. The van der Waals surface area contributed by atoms with Gasteiger partial charge >= 0.3 is 0 Å². The van der Waals surface area contributed by atoms with Crippen molar-refractivity contribution in [1.29, 1.82) is 0 Å². The zero-order chi connectivity index (χ0) is 16.9. The van der Waals surface area contributed by atoms with Gasteiger partial charge in [0.25, 0.3) is 0 Å². The molecule has 0 aliphatic carbocycles. The molecule has 0 bridgehead atoms. The molecular weight excluding hydrogens is 324 g/mol. The Morgan fingerprint density at radius 3 is 2.58 bits per heavy atom. The molecule has 1 saturated heterocycles. The predicted molar refractivity (Wildman–Crippen MR) is 94.6 cm³/mol. The number of aromatic nitrogens is 2. The molecule has 0 atom stereocenters. The van der Waals surface area contributed by atoms with Crippen LogP contribution in [0.2, 0.25) is 0 Å². The Morgan fingerprint density at radius 1 is 1.21 bits per heavy atom. The quantitative estimate of drug-likeness (QED) is 0.825. The molecule has 0 spiro atoms. The van der Waals surface area contributed by atoms with Crippen molar-refractivity contribution in [2.24, 2.45) is 0 Å². The number of carbonyl (C=O) groups excluding carboxylic acids is 1. The third-order valence-corrected chi connectivity index (χ3v) is 4.93. The topological polar surface area (TPSA) is 58.6 Å². The summed E-state index contributed by atoms with van der Waals surface area (Å²) in [4.78, 5) is 20.5. The molecule has 7 heteroatoms. The van der Waals surface area contributed by atoms with E-state index in [1.165, 1.54) is 22.7 Å². The number of benzene rings is 1. The first-order chi connectivity index (χ1) is 11.7. The first kappa shape index (κ1) is 16.9. The number of aryl methyl sites for hydroxylation is 1. The summed E-state index contributed by atoms with van der Waals surface area (Å²) < 4.78 is 9.39. The Labute approximate surface area is 146 Å². The molecule has 1 fully saturated rings. The highest BCUT2D eigenvalue weighted by Crippen LogP contribution is 2.20. The van der Waals surface area contributed by atoms with E-state index in [4.69, 9.17) is 4.74 Å². The van der Waals surface area contributed by atoms with E-state index in [0.29, 0.717) is 13.1 Å². The normalized spacial score (nSPS) is 14.9. The van der Waals surface area contributed by atoms with Crippen LogP contribution in [0.3, 0.4) is 0 Å². The van der Waals surface area contributed by atoms with Crippen molar-refractivity contribution in [3.05, 3.63) is 41.2 Å². The first-order valence-electron chi connectivity index (χ1n) is 8.05. The molecule has 2 heterocycles. The van der Waals surface area contributed by atoms with E-state index in [0.717, 1.165) is 30.5 Å². The van der Waals surface area contributed by atoms with Crippen LogP contribution in [0.5, 0.6) is 0 Å². The second-order valence-electron chi connectivity index (χ2n) is 5.96. The molecule has 1 aromatic carbocycles. The molecule has 0 radical (unpaired) electrons. The Morgan fingerprint density at radius 2 is 1.92 bits per heavy atom. The molecule has 6 nitrogen and oxygen atoms in total. The first-order valence-corrected chi connectivity index (χ1v) is 8.83. The van der Waals surface area contributed by atoms with Gasteiger partial charge in [-0.05, 0) is 12.5 Å². The Hall–Kier alpha value is -1.99. The van der Waals surface area contributed by atoms with Gasteiger partial charge in [0.2, 0.25) is 11.0 Å². The maximum absolute atomic E-state index is 11.8. The molecule has 0 saturated carbocycles. The highest BCUT2D eigenvalue weighted by atomic mass is 32.1. The van der Waals surface area contributed by atoms with E-state index >= 15 is 0 Å². The summed E-state index contributed by atoms with van der Waals surface area (Å²) in [5.74, 6) is 0.909. The highest BCUT2D eigenvalue weighted by molar-refractivity contribution is 7.09. The van der Waals surface area contributed by atoms with Crippen molar-refractivity contribution < 1.29 is 9.53 Å². The SMILES string of the molecule is COCC(=O)N1CCN(c2nc(Cc3ccc(C)cc3)ns2)CC1. The predicted octanol–water partition coefficient (Wildman–Crippen LogP) is 1.73. The lowest BCUT2D eigenvalue weighted by Crippen LogP contribution is -2.49. The van der Waals surface area contributed by atoms with Gasteiger partial charge < -0.3 is 14.5 Å². The van der Waals surface area contributed by atoms with Crippen molar-refractivity contribution in [1.82, 2.24) is 14.3 Å². The maximum atomic E-state index is 11.8. The summed E-state index contributed by atoms with van der Waals surface area (Å²) in [6.45, 7) is 5.22. The second kappa shape index (κ2) is 7.72. The molecule has 1 aromatic heterocycles. The van der Waals surface area contributed by atoms with Crippen molar-refractivity contribution >= 4 is 22.6 Å². The fourth-order valence-electron chi connectivity index (χ4n) is 2.70. The molecule has 128 valence electrons. The third kappa shape index (κ3) is 4.10. The van der Waals surface area contributed by atoms with Gasteiger partial charge in [0.05, 0.1) is 0 Å². The lowest BCUT2D eigenvalue weighted by Gasteiger charge is -2.34. The van der Waals surface area contributed by atoms with Crippen LogP contribution in [0, 0.1) is 6.92 Å². The lowest BCUT2D eigenvalue weighted by atomic mass is 10.1. The Kier molecular flexibility index (Phi) is 5.42. The average molecular weight is 346 g/mol. The number of carbonyl (C=O) groups is 1. The van der Waals surface area contributed by atoms with Crippen LogP contribution in [0.15, 0.2) is 24.3 Å². The molecular formula is C17H22N4O2S. The van der Waals surface area contributed by atoms with Crippen LogP contribution in [-0.2, 0) is 16.0 Å². The van der Waals surface area contributed by atoms with Gasteiger partial charge in [-0.15, -0.1) is 0 Å². The van der Waals surface area contributed by atoms with Crippen LogP contribution in [-0.4, -0.2) is 60.1 Å². The van der Waals surface area contributed by atoms with Crippen LogP contribution in [0.1, 0.15) is 17.0 Å². The largest absolute Gasteiger partial charge is 0.375 e. The molecule has 1 amide bonds. The number of amides is 1. The Balaban J connectivity index is 1.56. The van der Waals surface area contributed by atoms with Crippen LogP contribution < -0.4 is 4.90 Å². The van der Waals surface area contributed by atoms with Crippen LogP contribution in [0.25, 0.3) is 0 Å². The van der Waals surface area contributed by atoms with Gasteiger partial charge in [-0.2, -0.15) is 4.37 Å². The molecule has 0 N–H and O–H groups in total. The van der Waals surface area contributed by atoms with Gasteiger partial charge in [-0.3, -0.25) is 4.79 Å². The van der Waals surface area contributed by atoms with Crippen molar-refractivity contribution in [2.75, 3.05) is 44.8 Å². The zero-order valence-corrected chi connectivity index (χ0v) is 14.9. The van der Waals surface area contributed by atoms with Crippen molar-refractivity contribution in [3.63, 3.8) is 0 Å². The number of rotatable bonds is 5. The van der Waals surface area contributed by atoms with E-state index in [2.05, 4.69) is 45.4 Å². The smallest absolute Gasteiger partial charge is 0.248 e. The third-order valence-electron chi connectivity index (χ3n) is 4.11. The molecule has 24 heavy (non-hydrogen) atoms. The summed E-state index contributed by atoms with van der Waals surface area (Å²) in [7, 11) is 1.55. The molecule has 1 aliphatic rings. The summed E-state index contributed by atoms with van der Waals surface area (Å²) >= 11 is 1.44. The maximum Gasteiger partial charge on any atom is 0.248 e. The van der Waals surface area contributed by atoms with Gasteiger partial charge in [-0.1, -0.05) is 29.8 Å². The van der Waals surface area contributed by atoms with E-state index in [1.54, 1.807) is 7.11 Å². The number of nitrogens with zero attached hydrogens (tertiary/aromatic N) is 4. The van der Waals surface area contributed by atoms with Crippen LogP contribution in [0.4, 0.5) is 5.13 Å². The van der Waals surface area contributed by atoms with Crippen LogP contribution >= 0.6 is 11.5 Å². The number of anilines is 1. The Bertz CT molecular complexity index is 678. The minimum atomic E-state index is 0.0504. The lowest BCUT2D eigenvalue weighted by molar-refractivity contribution is -0.135. The van der Waals surface area contributed by atoms with Gasteiger partial charge in [0.1, 0.15) is 12.4 Å². The molecule has 1 aliphatic heterocycles. The van der Waals surface area contributed by atoms with E-state index < -0.39 is 0 Å². The number of hydrogen-bond donors (Lipinski definition) is 0. The molecule has 0 unspecified atom stereocenters. The van der Waals surface area contributed by atoms with E-state index in [9.17, 15) is 4.79 Å². The minimum absolute atomic E-state index is 0.0504. The average Bonchev–Trinajstić information content (AvgIpc) is 3.06. The van der Waals surface area contributed by atoms with E-state index in [1.807, 2.05) is 4.90 Å². The zero-order valence-electron chi connectivity index (χ0n) is 14.1. The summed E-state index contributed by atoms with van der Waals surface area (Å²) in [6, 6.07) is 8.46. The minimum Gasteiger partial charge on any atom is -0.375 e. The second-order valence-corrected chi connectivity index (χ2v) is 6.69. The fourth-order valence-corrected chi connectivity index (χ4v) is 3.43. The highest BCUT2D eigenvalue weighted by Gasteiger charge is 2.23. The molecule has 3 rings (SSSR count). The number of hydrogen-bond acceptors (Lipinski definition) is 6. The fraction of sp³-hybridized carbons (Fsp3) is 0.471. The summed E-state index contributed by atoms with van der Waals surface area (Å²) in [5, 5.41) is 0.941. The van der Waals surface area contributed by atoms with Crippen molar-refractivity contribution in [2.45, 2.75) is 13.3 Å². The summed E-state index contributed by atoms with van der Waals surface area (Å²) in [6.07, 6.45) is 0.753. The monoisotopic (exact) mass is 346 g/mol. The van der Waals surface area contributed by atoms with Crippen molar-refractivity contribution in [3.8, 4) is 0 Å². The van der Waals surface area contributed by atoms with Gasteiger partial charge in [-0.25, -0.2) is 4.98 Å². The standard InChI is InChI=1S/C17H22N4O2S/c1-13-3-5-14(6-4-13)11-15-18-17(24-19-15)21-9-7-20(8-10-21)16(22)12-23-2/h3-6H,7-12H2,1-2H3. The van der Waals surface area contributed by atoms with Gasteiger partial charge in [0.15, 0.2) is 0 Å². The number of methoxy groups -OCH3 is 1. The van der Waals surface area contributed by atoms with Gasteiger partial charge in [0, 0.05) is 51.2 Å². The van der Waals surface area contributed by atoms with E-state index in [-0.39, 0.29) is 12.5 Å². The molecule has 2 aromatic rings. The summed E-state index contributed by atoms with van der Waals surface area (Å²) in [5.41, 5.74) is 2.48. The number of piperazine rings is 1.